The van der Waals surface area contributed by atoms with Gasteiger partial charge in [0.1, 0.15) is 0 Å². The van der Waals surface area contributed by atoms with Gasteiger partial charge in [-0.2, -0.15) is 4.31 Å². The fourth-order valence-corrected chi connectivity index (χ4v) is 5.90. The van der Waals surface area contributed by atoms with Crippen molar-refractivity contribution in [2.75, 3.05) is 59.0 Å². The average molecular weight is 490 g/mol. The van der Waals surface area contributed by atoms with E-state index in [-0.39, 0.29) is 10.8 Å². The summed E-state index contributed by atoms with van der Waals surface area (Å²) in [4.78, 5) is 16.1. The minimum Gasteiger partial charge on any atom is -0.493 e. The van der Waals surface area contributed by atoms with E-state index in [1.165, 1.54) is 4.31 Å². The van der Waals surface area contributed by atoms with Crippen LogP contribution in [0.25, 0.3) is 0 Å². The van der Waals surface area contributed by atoms with E-state index in [0.717, 1.165) is 17.7 Å². The number of nitrogens with zero attached hydrogens (tertiary/aromatic N) is 3. The molecule has 10 heteroatoms. The summed E-state index contributed by atoms with van der Waals surface area (Å²) in [5.41, 5.74) is 1.74. The SMILES string of the molecule is COc1cc(CN2CCN(S(=O)(=O)c3ccc(N4CCCC4=O)cc3)CC2)cc(OC)c1OC. The molecule has 2 aliphatic heterocycles. The summed E-state index contributed by atoms with van der Waals surface area (Å²) in [6.07, 6.45) is 1.37. The van der Waals surface area contributed by atoms with Gasteiger partial charge in [0.15, 0.2) is 11.5 Å². The van der Waals surface area contributed by atoms with Crippen LogP contribution >= 0.6 is 0 Å². The third-order valence-corrected chi connectivity index (χ3v) is 8.23. The van der Waals surface area contributed by atoms with Crippen LogP contribution in [0, 0.1) is 0 Å². The third-order valence-electron chi connectivity index (χ3n) is 6.32. The van der Waals surface area contributed by atoms with E-state index in [9.17, 15) is 13.2 Å². The second-order valence-electron chi connectivity index (χ2n) is 8.36. The Morgan fingerprint density at radius 2 is 1.47 bits per heavy atom. The van der Waals surface area contributed by atoms with Crippen molar-refractivity contribution in [2.24, 2.45) is 0 Å². The molecule has 2 saturated heterocycles. The van der Waals surface area contributed by atoms with Gasteiger partial charge in [-0.15, -0.1) is 0 Å². The van der Waals surface area contributed by atoms with Crippen LogP contribution in [0.2, 0.25) is 0 Å². The highest BCUT2D eigenvalue weighted by molar-refractivity contribution is 7.89. The van der Waals surface area contributed by atoms with Gasteiger partial charge in [-0.3, -0.25) is 9.69 Å². The Labute approximate surface area is 200 Å². The molecule has 184 valence electrons. The lowest BCUT2D eigenvalue weighted by molar-refractivity contribution is -0.117. The summed E-state index contributed by atoms with van der Waals surface area (Å²) in [6, 6.07) is 10.5. The van der Waals surface area contributed by atoms with Gasteiger partial charge in [0.05, 0.1) is 26.2 Å². The zero-order chi connectivity index (χ0) is 24.3. The Bertz CT molecular complexity index is 1100. The first-order chi connectivity index (χ1) is 16.4. The first-order valence-electron chi connectivity index (χ1n) is 11.3. The third kappa shape index (κ3) is 4.84. The van der Waals surface area contributed by atoms with Crippen LogP contribution in [-0.2, 0) is 21.4 Å². The van der Waals surface area contributed by atoms with Crippen molar-refractivity contribution in [2.45, 2.75) is 24.3 Å². The molecular formula is C24H31N3O6S. The van der Waals surface area contributed by atoms with Crippen LogP contribution < -0.4 is 19.1 Å². The molecule has 1 amide bonds. The minimum atomic E-state index is -3.60. The molecule has 0 unspecified atom stereocenters. The summed E-state index contributed by atoms with van der Waals surface area (Å²) in [7, 11) is 1.14. The number of methoxy groups -OCH3 is 3. The number of carbonyl (C=O) groups excluding carboxylic acids is 1. The standard InChI is InChI=1S/C24H31N3O6S/c1-31-21-15-18(16-22(32-2)24(21)33-3)17-25-11-13-26(14-12-25)34(29,30)20-8-6-19(7-9-20)27-10-4-5-23(27)28/h6-9,15-16H,4-5,10-14,17H2,1-3H3. The molecule has 2 aromatic rings. The van der Waals surface area contributed by atoms with Crippen molar-refractivity contribution in [3.05, 3.63) is 42.0 Å². The quantitative estimate of drug-likeness (QED) is 0.562. The van der Waals surface area contributed by atoms with Crippen molar-refractivity contribution >= 4 is 21.6 Å². The van der Waals surface area contributed by atoms with Gasteiger partial charge in [-0.05, 0) is 48.4 Å². The molecule has 2 fully saturated rings. The lowest BCUT2D eigenvalue weighted by Crippen LogP contribution is -2.48. The molecule has 0 N–H and O–H groups in total. The fraction of sp³-hybridized carbons (Fsp3) is 0.458. The number of sulfonamides is 1. The Morgan fingerprint density at radius 3 is 1.97 bits per heavy atom. The molecule has 34 heavy (non-hydrogen) atoms. The predicted molar refractivity (Wildman–Crippen MR) is 128 cm³/mol. The van der Waals surface area contributed by atoms with Crippen molar-refractivity contribution in [1.82, 2.24) is 9.21 Å². The molecule has 0 saturated carbocycles. The molecule has 2 aliphatic rings. The Morgan fingerprint density at radius 1 is 0.853 bits per heavy atom. The normalized spacial score (nSPS) is 17.7. The number of carbonyl (C=O) groups is 1. The summed E-state index contributed by atoms with van der Waals surface area (Å²) < 4.78 is 44.1. The molecule has 0 bridgehead atoms. The van der Waals surface area contributed by atoms with Crippen LogP contribution in [0.1, 0.15) is 18.4 Å². The van der Waals surface area contributed by atoms with Gasteiger partial charge in [-0.25, -0.2) is 8.42 Å². The van der Waals surface area contributed by atoms with Gasteiger partial charge in [0.2, 0.25) is 21.7 Å². The number of rotatable bonds is 8. The highest BCUT2D eigenvalue weighted by Crippen LogP contribution is 2.38. The second kappa shape index (κ2) is 10.2. The summed E-state index contributed by atoms with van der Waals surface area (Å²) in [6.45, 7) is 3.34. The number of benzene rings is 2. The lowest BCUT2D eigenvalue weighted by Gasteiger charge is -2.34. The Kier molecular flexibility index (Phi) is 7.30. The van der Waals surface area contributed by atoms with E-state index in [1.807, 2.05) is 12.1 Å². The maximum absolute atomic E-state index is 13.2. The predicted octanol–water partition coefficient (Wildman–Crippen LogP) is 2.35. The zero-order valence-electron chi connectivity index (χ0n) is 19.8. The van der Waals surface area contributed by atoms with E-state index in [0.29, 0.717) is 62.9 Å². The zero-order valence-corrected chi connectivity index (χ0v) is 20.6. The van der Waals surface area contributed by atoms with E-state index in [4.69, 9.17) is 14.2 Å². The highest BCUT2D eigenvalue weighted by atomic mass is 32.2. The van der Waals surface area contributed by atoms with E-state index < -0.39 is 10.0 Å². The molecule has 0 aliphatic carbocycles. The molecule has 0 spiro atoms. The minimum absolute atomic E-state index is 0.0822. The van der Waals surface area contributed by atoms with Crippen LogP contribution in [-0.4, -0.2) is 77.6 Å². The van der Waals surface area contributed by atoms with Crippen LogP contribution in [0.15, 0.2) is 41.3 Å². The van der Waals surface area contributed by atoms with E-state index in [2.05, 4.69) is 4.90 Å². The topological polar surface area (TPSA) is 88.6 Å². The molecular weight excluding hydrogens is 458 g/mol. The van der Waals surface area contributed by atoms with Gasteiger partial charge in [0, 0.05) is 51.4 Å². The second-order valence-corrected chi connectivity index (χ2v) is 10.3. The van der Waals surface area contributed by atoms with Crippen molar-refractivity contribution in [1.29, 1.82) is 0 Å². The van der Waals surface area contributed by atoms with Crippen LogP contribution in [0.3, 0.4) is 0 Å². The van der Waals surface area contributed by atoms with E-state index in [1.54, 1.807) is 50.5 Å². The van der Waals surface area contributed by atoms with Gasteiger partial charge < -0.3 is 19.1 Å². The maximum atomic E-state index is 13.2. The number of piperazine rings is 1. The maximum Gasteiger partial charge on any atom is 0.243 e. The smallest absolute Gasteiger partial charge is 0.243 e. The van der Waals surface area contributed by atoms with E-state index >= 15 is 0 Å². The van der Waals surface area contributed by atoms with Gasteiger partial charge in [0.25, 0.3) is 0 Å². The lowest BCUT2D eigenvalue weighted by atomic mass is 10.1. The number of hydrogen-bond acceptors (Lipinski definition) is 7. The Hall–Kier alpha value is -2.82. The number of anilines is 1. The molecule has 2 aromatic carbocycles. The van der Waals surface area contributed by atoms with Crippen LogP contribution in [0.5, 0.6) is 17.2 Å². The molecule has 2 heterocycles. The Balaban J connectivity index is 1.40. The first kappa shape index (κ1) is 24.3. The molecule has 0 radical (unpaired) electrons. The summed E-state index contributed by atoms with van der Waals surface area (Å²) in [5, 5.41) is 0. The average Bonchev–Trinajstić information content (AvgIpc) is 3.29. The number of hydrogen-bond donors (Lipinski definition) is 0. The number of ether oxygens (including phenoxy) is 3. The number of amides is 1. The first-order valence-corrected chi connectivity index (χ1v) is 12.7. The molecule has 0 aromatic heterocycles. The molecule has 4 rings (SSSR count). The van der Waals surface area contributed by atoms with Gasteiger partial charge in [-0.1, -0.05) is 0 Å². The van der Waals surface area contributed by atoms with Crippen molar-refractivity contribution < 1.29 is 27.4 Å². The molecule has 0 atom stereocenters. The fourth-order valence-electron chi connectivity index (χ4n) is 4.48. The molecule has 9 nitrogen and oxygen atoms in total. The largest absolute Gasteiger partial charge is 0.493 e. The highest BCUT2D eigenvalue weighted by Gasteiger charge is 2.29. The summed E-state index contributed by atoms with van der Waals surface area (Å²) in [5.74, 6) is 1.82. The monoisotopic (exact) mass is 489 g/mol. The van der Waals surface area contributed by atoms with Gasteiger partial charge >= 0.3 is 0 Å². The van der Waals surface area contributed by atoms with Crippen molar-refractivity contribution in [3.63, 3.8) is 0 Å². The van der Waals surface area contributed by atoms with Crippen LogP contribution in [0.4, 0.5) is 5.69 Å². The van der Waals surface area contributed by atoms with Crippen molar-refractivity contribution in [3.8, 4) is 17.2 Å². The summed E-state index contributed by atoms with van der Waals surface area (Å²) >= 11 is 0.